The number of carbonyl (C=O) groups is 1. The summed E-state index contributed by atoms with van der Waals surface area (Å²) in [4.78, 5) is 17.4. The molecule has 8 heteroatoms. The maximum atomic E-state index is 13.4. The smallest absolute Gasteiger partial charge is 0.410 e. The van der Waals surface area contributed by atoms with Crippen molar-refractivity contribution in [3.05, 3.63) is 11.6 Å². The SMILES string of the molecule is CO[C@@H]1[C@H](OC(=O)N2CCC3(CCN(CC(C)F)CC3)CC2)CC[C@]2(CO2)[C@H]1[C@@]1(C)O[C@@H]1CC=C(C)C. The van der Waals surface area contributed by atoms with Crippen molar-refractivity contribution in [2.45, 2.75) is 108 Å². The highest BCUT2D eigenvalue weighted by Crippen LogP contribution is 2.59. The molecule has 1 unspecified atom stereocenters. The van der Waals surface area contributed by atoms with Gasteiger partial charge in [0.2, 0.25) is 0 Å². The van der Waals surface area contributed by atoms with Crippen LogP contribution in [0.5, 0.6) is 0 Å². The molecule has 4 saturated heterocycles. The Labute approximate surface area is 222 Å². The zero-order valence-electron chi connectivity index (χ0n) is 23.5. The van der Waals surface area contributed by atoms with E-state index in [1.807, 2.05) is 4.90 Å². The highest BCUT2D eigenvalue weighted by molar-refractivity contribution is 5.68. The van der Waals surface area contributed by atoms with Gasteiger partial charge in [-0.3, -0.25) is 0 Å². The van der Waals surface area contributed by atoms with Crippen LogP contribution < -0.4 is 0 Å². The number of amides is 1. The number of hydrogen-bond acceptors (Lipinski definition) is 6. The van der Waals surface area contributed by atoms with Gasteiger partial charge in [-0.05, 0) is 91.1 Å². The maximum Gasteiger partial charge on any atom is 0.410 e. The first-order valence-corrected chi connectivity index (χ1v) is 14.4. The standard InChI is InChI=1S/C29H47FN2O5/c1-20(2)6-7-23-27(4,37-23)25-24(34-5)22(8-9-29(25)19-35-29)36-26(33)32-16-12-28(13-17-32)10-14-31(15-11-28)18-21(3)30/h6,21-25H,7-19H2,1-5H3/t21?,22-,23-,24-,25-,27+,29+/m1/s1. The molecule has 7 atom stereocenters. The van der Waals surface area contributed by atoms with E-state index in [0.717, 1.165) is 77.7 Å². The van der Waals surface area contributed by atoms with Gasteiger partial charge in [-0.1, -0.05) is 11.6 Å². The Morgan fingerprint density at radius 1 is 1.14 bits per heavy atom. The van der Waals surface area contributed by atoms with Gasteiger partial charge >= 0.3 is 6.09 Å². The van der Waals surface area contributed by atoms with E-state index in [0.29, 0.717) is 6.54 Å². The van der Waals surface area contributed by atoms with Crippen LogP contribution in [-0.4, -0.2) is 98.0 Å². The largest absolute Gasteiger partial charge is 0.443 e. The maximum absolute atomic E-state index is 13.4. The fourth-order valence-electron chi connectivity index (χ4n) is 7.50. The topological polar surface area (TPSA) is 67.1 Å². The first-order chi connectivity index (χ1) is 17.6. The molecule has 4 aliphatic heterocycles. The number of hydrogen-bond donors (Lipinski definition) is 0. The molecule has 5 fully saturated rings. The van der Waals surface area contributed by atoms with Crippen LogP contribution in [0.2, 0.25) is 0 Å². The third-order valence-electron chi connectivity index (χ3n) is 10.00. The zero-order valence-corrected chi connectivity index (χ0v) is 23.5. The summed E-state index contributed by atoms with van der Waals surface area (Å²) in [5.74, 6) is 0.0361. The highest BCUT2D eigenvalue weighted by atomic mass is 19.1. The molecule has 210 valence electrons. The summed E-state index contributed by atoms with van der Waals surface area (Å²) in [5, 5.41) is 0. The number of piperidine rings is 2. The average molecular weight is 523 g/mol. The lowest BCUT2D eigenvalue weighted by molar-refractivity contribution is -0.123. The summed E-state index contributed by atoms with van der Waals surface area (Å²) in [6, 6.07) is 0. The number of halogens is 1. The van der Waals surface area contributed by atoms with E-state index in [1.54, 1.807) is 14.0 Å². The summed E-state index contributed by atoms with van der Waals surface area (Å²) in [5.41, 5.74) is 1.02. The second-order valence-electron chi connectivity index (χ2n) is 12.9. The summed E-state index contributed by atoms with van der Waals surface area (Å²) < 4.78 is 37.9. The van der Waals surface area contributed by atoms with E-state index < -0.39 is 6.17 Å². The van der Waals surface area contributed by atoms with Gasteiger partial charge < -0.3 is 28.7 Å². The Hall–Kier alpha value is -1.22. The van der Waals surface area contributed by atoms with Gasteiger partial charge in [0.15, 0.2) is 0 Å². The predicted molar refractivity (Wildman–Crippen MR) is 139 cm³/mol. The Balaban J connectivity index is 1.17. The molecule has 2 spiro atoms. The molecule has 0 radical (unpaired) electrons. The zero-order chi connectivity index (χ0) is 26.4. The van der Waals surface area contributed by atoms with Gasteiger partial charge in [0.1, 0.15) is 29.6 Å². The third-order valence-corrected chi connectivity index (χ3v) is 10.00. The molecule has 5 rings (SSSR count). The molecule has 0 aromatic heterocycles. The Morgan fingerprint density at radius 2 is 1.78 bits per heavy atom. The second-order valence-corrected chi connectivity index (χ2v) is 12.9. The molecule has 1 amide bonds. The molecule has 1 saturated carbocycles. The minimum atomic E-state index is -0.778. The van der Waals surface area contributed by atoms with Crippen molar-refractivity contribution in [1.29, 1.82) is 0 Å². The van der Waals surface area contributed by atoms with Crippen LogP contribution in [0.4, 0.5) is 9.18 Å². The third kappa shape index (κ3) is 5.59. The normalized spacial score (nSPS) is 39.9. The molecule has 0 N–H and O–H groups in total. The molecule has 5 aliphatic rings. The predicted octanol–water partition coefficient (Wildman–Crippen LogP) is 4.74. The summed E-state index contributed by atoms with van der Waals surface area (Å²) >= 11 is 0. The van der Waals surface area contributed by atoms with Crippen molar-refractivity contribution in [3.63, 3.8) is 0 Å². The molecular weight excluding hydrogens is 475 g/mol. The lowest BCUT2D eigenvalue weighted by atomic mass is 9.68. The van der Waals surface area contributed by atoms with E-state index in [-0.39, 0.29) is 46.9 Å². The molecule has 37 heavy (non-hydrogen) atoms. The number of carbonyl (C=O) groups excluding carboxylic acids is 1. The summed E-state index contributed by atoms with van der Waals surface area (Å²) in [7, 11) is 1.72. The molecule has 0 bridgehead atoms. The van der Waals surface area contributed by atoms with Crippen LogP contribution in [0.15, 0.2) is 11.6 Å². The molecule has 0 aromatic rings. The van der Waals surface area contributed by atoms with E-state index in [2.05, 4.69) is 31.7 Å². The van der Waals surface area contributed by atoms with Gasteiger partial charge in [-0.25, -0.2) is 9.18 Å². The number of alkyl halides is 1. The number of ether oxygens (including phenoxy) is 4. The fourth-order valence-corrected chi connectivity index (χ4v) is 7.50. The summed E-state index contributed by atoms with van der Waals surface area (Å²) in [6.45, 7) is 12.6. The van der Waals surface area contributed by atoms with E-state index in [9.17, 15) is 9.18 Å². The quantitative estimate of drug-likeness (QED) is 0.356. The van der Waals surface area contributed by atoms with Crippen LogP contribution in [0, 0.1) is 11.3 Å². The Morgan fingerprint density at radius 3 is 2.35 bits per heavy atom. The van der Waals surface area contributed by atoms with Gasteiger partial charge in [0.25, 0.3) is 0 Å². The van der Waals surface area contributed by atoms with Crippen LogP contribution in [0.25, 0.3) is 0 Å². The van der Waals surface area contributed by atoms with Gasteiger partial charge in [0.05, 0.1) is 18.6 Å². The molecule has 0 aromatic carbocycles. The van der Waals surface area contributed by atoms with Gasteiger partial charge in [-0.15, -0.1) is 0 Å². The Bertz CT molecular complexity index is 854. The van der Waals surface area contributed by atoms with Crippen LogP contribution in [-0.2, 0) is 18.9 Å². The van der Waals surface area contributed by atoms with Crippen LogP contribution >= 0.6 is 0 Å². The number of methoxy groups -OCH3 is 1. The summed E-state index contributed by atoms with van der Waals surface area (Å²) in [6.07, 6.45) is 7.48. The first-order valence-electron chi connectivity index (χ1n) is 14.4. The monoisotopic (exact) mass is 522 g/mol. The van der Waals surface area contributed by atoms with Crippen molar-refractivity contribution in [2.24, 2.45) is 11.3 Å². The van der Waals surface area contributed by atoms with E-state index in [4.69, 9.17) is 18.9 Å². The van der Waals surface area contributed by atoms with Gasteiger partial charge in [0, 0.05) is 26.7 Å². The van der Waals surface area contributed by atoms with E-state index >= 15 is 0 Å². The molecular formula is C29H47FN2O5. The van der Waals surface area contributed by atoms with Gasteiger partial charge in [-0.2, -0.15) is 0 Å². The number of epoxide rings is 2. The first kappa shape index (κ1) is 27.4. The highest BCUT2D eigenvalue weighted by Gasteiger charge is 2.72. The molecule has 4 heterocycles. The second kappa shape index (κ2) is 10.4. The number of likely N-dealkylation sites (tertiary alicyclic amines) is 2. The van der Waals surface area contributed by atoms with E-state index in [1.165, 1.54) is 5.57 Å². The van der Waals surface area contributed by atoms with Crippen molar-refractivity contribution in [3.8, 4) is 0 Å². The Kier molecular flexibility index (Phi) is 7.69. The van der Waals surface area contributed by atoms with Crippen LogP contribution in [0.1, 0.15) is 72.6 Å². The minimum absolute atomic E-state index is 0.0361. The van der Waals surface area contributed by atoms with Crippen molar-refractivity contribution in [1.82, 2.24) is 9.80 Å². The van der Waals surface area contributed by atoms with Crippen molar-refractivity contribution in [2.75, 3.05) is 46.4 Å². The number of rotatable bonds is 7. The fraction of sp³-hybridized carbons (Fsp3) is 0.897. The average Bonchev–Trinajstić information content (AvgIpc) is 3.77. The molecule has 7 nitrogen and oxygen atoms in total. The van der Waals surface area contributed by atoms with Crippen molar-refractivity contribution < 1.29 is 28.1 Å². The lowest BCUT2D eigenvalue weighted by Crippen LogP contribution is -2.56. The number of nitrogens with zero attached hydrogens (tertiary/aromatic N) is 2. The molecule has 1 aliphatic carbocycles. The van der Waals surface area contributed by atoms with Crippen molar-refractivity contribution >= 4 is 6.09 Å². The minimum Gasteiger partial charge on any atom is -0.443 e. The van der Waals surface area contributed by atoms with Crippen LogP contribution in [0.3, 0.4) is 0 Å². The number of allylic oxidation sites excluding steroid dienone is 1. The lowest BCUT2D eigenvalue weighted by Gasteiger charge is -2.47.